The maximum atomic E-state index is 12.7. The van der Waals surface area contributed by atoms with Gasteiger partial charge in [0.05, 0.1) is 35.2 Å². The maximum Gasteiger partial charge on any atom is 0.224 e. The van der Waals surface area contributed by atoms with E-state index in [1.54, 1.807) is 6.92 Å². The van der Waals surface area contributed by atoms with Gasteiger partial charge in [0.15, 0.2) is 12.0 Å². The Morgan fingerprint density at radius 2 is 1.89 bits per heavy atom. The van der Waals surface area contributed by atoms with Gasteiger partial charge in [0.25, 0.3) is 0 Å². The van der Waals surface area contributed by atoms with Crippen LogP contribution in [-0.2, 0) is 9.53 Å². The van der Waals surface area contributed by atoms with Crippen molar-refractivity contribution in [3.05, 3.63) is 54.9 Å². The summed E-state index contributed by atoms with van der Waals surface area (Å²) in [5.41, 5.74) is 5.17. The van der Waals surface area contributed by atoms with Crippen LogP contribution in [0, 0.1) is 0 Å². The number of amides is 1. The minimum absolute atomic E-state index is 0.00306. The molecule has 1 saturated carbocycles. The van der Waals surface area contributed by atoms with E-state index in [9.17, 15) is 4.79 Å². The number of anilines is 3. The molecule has 37 heavy (non-hydrogen) atoms. The SMILES string of the molecule is CC(=O)N1c2ccc(-c3cnn(C4CC4)c3)cc2N(c2nn(C3CCCCO3)c3ccccc23)C[C@@H]1C. The average molecular weight is 497 g/mol. The molecule has 4 heterocycles. The lowest BCUT2D eigenvalue weighted by Crippen LogP contribution is -2.48. The van der Waals surface area contributed by atoms with Crippen molar-refractivity contribution < 1.29 is 9.53 Å². The van der Waals surface area contributed by atoms with E-state index >= 15 is 0 Å². The monoisotopic (exact) mass is 496 g/mol. The van der Waals surface area contributed by atoms with Crippen molar-refractivity contribution in [2.45, 2.75) is 64.3 Å². The Hall–Kier alpha value is -3.65. The Balaban J connectivity index is 1.37. The largest absolute Gasteiger partial charge is 0.356 e. The van der Waals surface area contributed by atoms with Crippen molar-refractivity contribution in [3.63, 3.8) is 0 Å². The van der Waals surface area contributed by atoms with Crippen molar-refractivity contribution in [2.75, 3.05) is 23.0 Å². The summed E-state index contributed by atoms with van der Waals surface area (Å²) < 4.78 is 10.3. The molecule has 0 radical (unpaired) electrons. The van der Waals surface area contributed by atoms with Crippen LogP contribution in [0.2, 0.25) is 0 Å². The summed E-state index contributed by atoms with van der Waals surface area (Å²) in [5, 5.41) is 10.9. The first-order valence-corrected chi connectivity index (χ1v) is 13.4. The van der Waals surface area contributed by atoms with Crippen molar-refractivity contribution >= 4 is 34.0 Å². The maximum absolute atomic E-state index is 12.7. The van der Waals surface area contributed by atoms with Crippen LogP contribution in [0.15, 0.2) is 54.9 Å². The molecular weight excluding hydrogens is 464 g/mol. The molecule has 3 aliphatic rings. The average Bonchev–Trinajstić information content (AvgIpc) is 3.52. The lowest BCUT2D eigenvalue weighted by atomic mass is 10.0. The number of fused-ring (bicyclic) bond motifs is 2. The lowest BCUT2D eigenvalue weighted by molar-refractivity contribution is -0.117. The van der Waals surface area contributed by atoms with Gasteiger partial charge in [-0.25, -0.2) is 4.68 Å². The molecule has 8 nitrogen and oxygen atoms in total. The summed E-state index contributed by atoms with van der Waals surface area (Å²) in [4.78, 5) is 16.9. The minimum Gasteiger partial charge on any atom is -0.356 e. The highest BCUT2D eigenvalue weighted by Crippen LogP contribution is 2.44. The molecule has 2 fully saturated rings. The molecule has 190 valence electrons. The second kappa shape index (κ2) is 8.73. The number of benzene rings is 2. The Kier molecular flexibility index (Phi) is 5.32. The Bertz CT molecular complexity index is 1480. The van der Waals surface area contributed by atoms with Gasteiger partial charge in [-0.05, 0) is 68.9 Å². The second-order valence-corrected chi connectivity index (χ2v) is 10.6. The quantitative estimate of drug-likeness (QED) is 0.356. The topological polar surface area (TPSA) is 68.4 Å². The fourth-order valence-corrected chi connectivity index (χ4v) is 5.92. The zero-order valence-electron chi connectivity index (χ0n) is 21.4. The van der Waals surface area contributed by atoms with Gasteiger partial charge in [-0.15, -0.1) is 0 Å². The zero-order valence-corrected chi connectivity index (χ0v) is 21.4. The summed E-state index contributed by atoms with van der Waals surface area (Å²) in [6.45, 7) is 5.18. The summed E-state index contributed by atoms with van der Waals surface area (Å²) >= 11 is 0. The number of rotatable bonds is 4. The number of ether oxygens (including phenoxy) is 1. The molecule has 2 aliphatic heterocycles. The van der Waals surface area contributed by atoms with E-state index in [1.807, 2.05) is 11.1 Å². The number of hydrogen-bond donors (Lipinski definition) is 0. The normalized spacial score (nSPS) is 21.9. The molecule has 2 aromatic heterocycles. The molecule has 1 aliphatic carbocycles. The molecular formula is C29H32N6O2. The first-order valence-electron chi connectivity index (χ1n) is 13.4. The predicted octanol–water partition coefficient (Wildman–Crippen LogP) is 5.83. The second-order valence-electron chi connectivity index (χ2n) is 10.6. The molecule has 1 saturated heterocycles. The summed E-state index contributed by atoms with van der Waals surface area (Å²) in [7, 11) is 0. The van der Waals surface area contributed by atoms with Gasteiger partial charge in [-0.1, -0.05) is 18.2 Å². The first-order chi connectivity index (χ1) is 18.1. The van der Waals surface area contributed by atoms with Gasteiger partial charge in [-0.2, -0.15) is 10.2 Å². The van der Waals surface area contributed by atoms with Crippen molar-refractivity contribution in [3.8, 4) is 11.1 Å². The number of carbonyl (C=O) groups excluding carboxylic acids is 1. The van der Waals surface area contributed by atoms with Crippen LogP contribution in [0.5, 0.6) is 0 Å². The van der Waals surface area contributed by atoms with Crippen LogP contribution >= 0.6 is 0 Å². The third kappa shape index (κ3) is 3.82. The number of para-hydroxylation sites is 1. The third-order valence-electron chi connectivity index (χ3n) is 7.89. The van der Waals surface area contributed by atoms with E-state index in [4.69, 9.17) is 9.84 Å². The van der Waals surface area contributed by atoms with Crippen LogP contribution in [0.25, 0.3) is 22.0 Å². The van der Waals surface area contributed by atoms with Crippen molar-refractivity contribution in [2.24, 2.45) is 0 Å². The first kappa shape index (κ1) is 22.5. The van der Waals surface area contributed by atoms with Crippen LogP contribution in [-0.4, -0.2) is 44.7 Å². The highest BCUT2D eigenvalue weighted by Gasteiger charge is 2.34. The minimum atomic E-state index is -0.0533. The molecule has 0 spiro atoms. The smallest absolute Gasteiger partial charge is 0.224 e. The predicted molar refractivity (Wildman–Crippen MR) is 144 cm³/mol. The highest BCUT2D eigenvalue weighted by atomic mass is 16.5. The Labute approximate surface area is 216 Å². The molecule has 4 aromatic rings. The molecule has 8 heteroatoms. The van der Waals surface area contributed by atoms with E-state index in [0.29, 0.717) is 12.6 Å². The van der Waals surface area contributed by atoms with Gasteiger partial charge in [-0.3, -0.25) is 9.48 Å². The van der Waals surface area contributed by atoms with Gasteiger partial charge in [0, 0.05) is 37.2 Å². The summed E-state index contributed by atoms with van der Waals surface area (Å²) in [5.74, 6) is 0.959. The number of nitrogens with zero attached hydrogens (tertiary/aromatic N) is 6. The van der Waals surface area contributed by atoms with Crippen LogP contribution < -0.4 is 9.80 Å². The van der Waals surface area contributed by atoms with Crippen LogP contribution in [0.4, 0.5) is 17.2 Å². The van der Waals surface area contributed by atoms with Gasteiger partial charge in [0.1, 0.15) is 0 Å². The molecule has 7 rings (SSSR count). The molecule has 2 atom stereocenters. The highest BCUT2D eigenvalue weighted by molar-refractivity contribution is 6.01. The van der Waals surface area contributed by atoms with E-state index in [1.165, 1.54) is 12.8 Å². The molecule has 0 N–H and O–H groups in total. The van der Waals surface area contributed by atoms with E-state index in [2.05, 4.69) is 74.9 Å². The molecule has 1 amide bonds. The number of carbonyl (C=O) groups is 1. The summed E-state index contributed by atoms with van der Waals surface area (Å²) in [6.07, 6.45) is 9.64. The number of hydrogen-bond acceptors (Lipinski definition) is 5. The zero-order chi connectivity index (χ0) is 25.1. The molecule has 2 aromatic carbocycles. The van der Waals surface area contributed by atoms with Crippen molar-refractivity contribution in [1.82, 2.24) is 19.6 Å². The lowest BCUT2D eigenvalue weighted by Gasteiger charge is -2.41. The van der Waals surface area contributed by atoms with Gasteiger partial charge in [0.2, 0.25) is 5.91 Å². The molecule has 0 bridgehead atoms. The van der Waals surface area contributed by atoms with Gasteiger partial charge >= 0.3 is 0 Å². The summed E-state index contributed by atoms with van der Waals surface area (Å²) in [6, 6.07) is 15.3. The number of aromatic nitrogens is 4. The Morgan fingerprint density at radius 1 is 1.03 bits per heavy atom. The fraction of sp³-hybridized carbons (Fsp3) is 0.414. The van der Waals surface area contributed by atoms with Gasteiger partial charge < -0.3 is 14.5 Å². The standard InChI is InChI=1S/C29H32N6O2/c1-19-17-32(29-24-7-3-4-8-25(24)35(31-29)28-9-5-6-14-37-28)27-15-21(10-13-26(27)34(19)20(2)36)22-16-30-33(18-22)23-11-12-23/h3-4,7-8,10,13,15-16,18-19,23,28H,5-6,9,11-12,14,17H2,1-2H3/t19-,28?/m0/s1. The van der Waals surface area contributed by atoms with E-state index < -0.39 is 0 Å². The fourth-order valence-electron chi connectivity index (χ4n) is 5.92. The molecule has 1 unspecified atom stereocenters. The van der Waals surface area contributed by atoms with E-state index in [0.717, 1.165) is 65.1 Å². The van der Waals surface area contributed by atoms with Crippen LogP contribution in [0.3, 0.4) is 0 Å². The van der Waals surface area contributed by atoms with E-state index in [-0.39, 0.29) is 18.2 Å². The Morgan fingerprint density at radius 3 is 2.68 bits per heavy atom. The van der Waals surface area contributed by atoms with Crippen LogP contribution in [0.1, 0.15) is 58.2 Å². The van der Waals surface area contributed by atoms with Crippen molar-refractivity contribution in [1.29, 1.82) is 0 Å². The third-order valence-corrected chi connectivity index (χ3v) is 7.89.